The Morgan fingerprint density at radius 1 is 1.38 bits per heavy atom. The van der Waals surface area contributed by atoms with Gasteiger partial charge in [0.25, 0.3) is 0 Å². The molecular weight excluding hydrogens is 223 g/mol. The summed E-state index contributed by atoms with van der Waals surface area (Å²) in [6.45, 7) is 1.71. The topological polar surface area (TPSA) is 35.8 Å². The first-order chi connectivity index (χ1) is 7.74. The number of thioether (sulfide) groups is 1. The Kier molecular flexibility index (Phi) is 3.47. The molecule has 2 nitrogen and oxygen atoms in total. The molecule has 1 aromatic rings. The van der Waals surface area contributed by atoms with Crippen LogP contribution < -0.4 is 5.32 Å². The van der Waals surface area contributed by atoms with Crippen LogP contribution in [-0.4, -0.2) is 17.8 Å². The number of nitrogens with one attached hydrogen (secondary N) is 1. The molecule has 0 amide bonds. The molecule has 1 aliphatic rings. The molecule has 0 radical (unpaired) electrons. The number of nitrogens with zero attached hydrogens (tertiary/aromatic N) is 1. The summed E-state index contributed by atoms with van der Waals surface area (Å²) in [5.41, 5.74) is 0. The zero-order valence-corrected chi connectivity index (χ0v) is 9.69. The van der Waals surface area contributed by atoms with Crippen LogP contribution in [0.25, 0.3) is 0 Å². The second-order valence-electron chi connectivity index (χ2n) is 3.92. The monoisotopic (exact) mass is 236 g/mol. The molecule has 1 heterocycles. The number of rotatable bonds is 2. The molecule has 0 aliphatic carbocycles. The zero-order chi connectivity index (χ0) is 11.4. The first-order valence-electron chi connectivity index (χ1n) is 5.31. The van der Waals surface area contributed by atoms with E-state index in [1.54, 1.807) is 6.07 Å². The number of halogens is 1. The van der Waals surface area contributed by atoms with Gasteiger partial charge in [-0.2, -0.15) is 5.26 Å². The molecule has 0 aromatic heterocycles. The number of benzene rings is 1. The molecule has 1 aliphatic heterocycles. The van der Waals surface area contributed by atoms with Gasteiger partial charge in [-0.15, -0.1) is 11.8 Å². The van der Waals surface area contributed by atoms with Crippen LogP contribution >= 0.6 is 11.8 Å². The fourth-order valence-corrected chi connectivity index (χ4v) is 3.05. The predicted octanol–water partition coefficient (Wildman–Crippen LogP) is 2.56. The van der Waals surface area contributed by atoms with E-state index in [0.29, 0.717) is 0 Å². The van der Waals surface area contributed by atoms with Gasteiger partial charge in [0.2, 0.25) is 0 Å². The van der Waals surface area contributed by atoms with Gasteiger partial charge in [-0.3, -0.25) is 0 Å². The smallest absolute Gasteiger partial charge is 0.124 e. The molecule has 1 saturated heterocycles. The van der Waals surface area contributed by atoms with Crippen molar-refractivity contribution in [2.75, 3.05) is 13.1 Å². The van der Waals surface area contributed by atoms with Gasteiger partial charge in [0.05, 0.1) is 6.07 Å². The van der Waals surface area contributed by atoms with E-state index >= 15 is 0 Å². The van der Waals surface area contributed by atoms with Gasteiger partial charge >= 0.3 is 0 Å². The molecule has 0 bridgehead atoms. The third-order valence-corrected chi connectivity index (χ3v) is 4.10. The van der Waals surface area contributed by atoms with Gasteiger partial charge in [-0.25, -0.2) is 4.39 Å². The minimum Gasteiger partial charge on any atom is -0.317 e. The maximum Gasteiger partial charge on any atom is 0.124 e. The lowest BCUT2D eigenvalue weighted by Gasteiger charge is -2.30. The number of nitriles is 1. The van der Waals surface area contributed by atoms with Gasteiger partial charge in [-0.05, 0) is 44.1 Å². The SMILES string of the molecule is N#CC1(Sc2cccc(F)c2)CCNCC1. The van der Waals surface area contributed by atoms with E-state index in [1.807, 2.05) is 6.07 Å². The van der Waals surface area contributed by atoms with Gasteiger partial charge in [0.1, 0.15) is 10.6 Å². The van der Waals surface area contributed by atoms with Gasteiger partial charge < -0.3 is 5.32 Å². The zero-order valence-electron chi connectivity index (χ0n) is 8.87. The van der Waals surface area contributed by atoms with Crippen molar-refractivity contribution < 1.29 is 4.39 Å². The molecule has 0 saturated carbocycles. The van der Waals surface area contributed by atoms with E-state index in [-0.39, 0.29) is 10.6 Å². The summed E-state index contributed by atoms with van der Waals surface area (Å²) >= 11 is 1.49. The molecule has 1 aromatic carbocycles. The standard InChI is InChI=1S/C12H13FN2S/c13-10-2-1-3-11(8-10)16-12(9-14)4-6-15-7-5-12/h1-3,8,15H,4-7H2. The van der Waals surface area contributed by atoms with E-state index in [0.717, 1.165) is 30.8 Å². The normalized spacial score (nSPS) is 19.0. The molecule has 1 N–H and O–H groups in total. The van der Waals surface area contributed by atoms with Crippen molar-refractivity contribution in [1.82, 2.24) is 5.32 Å². The fraction of sp³-hybridized carbons (Fsp3) is 0.417. The Balaban J connectivity index is 2.15. The summed E-state index contributed by atoms with van der Waals surface area (Å²) in [7, 11) is 0. The molecule has 0 spiro atoms. The molecule has 1 fully saturated rings. The highest BCUT2D eigenvalue weighted by Crippen LogP contribution is 2.39. The highest BCUT2D eigenvalue weighted by Gasteiger charge is 2.33. The molecular formula is C12H13FN2S. The van der Waals surface area contributed by atoms with E-state index < -0.39 is 0 Å². The van der Waals surface area contributed by atoms with E-state index in [9.17, 15) is 9.65 Å². The van der Waals surface area contributed by atoms with Crippen LogP contribution in [0.1, 0.15) is 12.8 Å². The molecule has 2 rings (SSSR count). The maximum absolute atomic E-state index is 13.0. The van der Waals surface area contributed by atoms with Crippen molar-refractivity contribution in [1.29, 1.82) is 5.26 Å². The molecule has 4 heteroatoms. The van der Waals surface area contributed by atoms with Crippen molar-refractivity contribution >= 4 is 11.8 Å². The highest BCUT2D eigenvalue weighted by atomic mass is 32.2. The van der Waals surface area contributed by atoms with Crippen LogP contribution in [0.5, 0.6) is 0 Å². The third-order valence-electron chi connectivity index (χ3n) is 2.72. The van der Waals surface area contributed by atoms with Crippen LogP contribution in [0, 0.1) is 17.1 Å². The highest BCUT2D eigenvalue weighted by molar-refractivity contribution is 8.01. The Morgan fingerprint density at radius 3 is 2.75 bits per heavy atom. The molecule has 0 unspecified atom stereocenters. The van der Waals surface area contributed by atoms with Crippen LogP contribution in [0.3, 0.4) is 0 Å². The van der Waals surface area contributed by atoms with Crippen molar-refractivity contribution in [2.45, 2.75) is 22.5 Å². The lowest BCUT2D eigenvalue weighted by atomic mass is 9.99. The third kappa shape index (κ3) is 2.55. The van der Waals surface area contributed by atoms with E-state index in [1.165, 1.54) is 23.9 Å². The van der Waals surface area contributed by atoms with Crippen LogP contribution in [0.4, 0.5) is 4.39 Å². The molecule has 0 atom stereocenters. The lowest BCUT2D eigenvalue weighted by Crippen LogP contribution is -2.38. The molecule has 16 heavy (non-hydrogen) atoms. The Morgan fingerprint density at radius 2 is 2.12 bits per heavy atom. The van der Waals surface area contributed by atoms with Crippen molar-refractivity contribution in [3.05, 3.63) is 30.1 Å². The second-order valence-corrected chi connectivity index (χ2v) is 5.37. The first-order valence-corrected chi connectivity index (χ1v) is 6.12. The molecule has 84 valence electrons. The average molecular weight is 236 g/mol. The number of hydrogen-bond donors (Lipinski definition) is 1. The second kappa shape index (κ2) is 4.86. The van der Waals surface area contributed by atoms with Gasteiger partial charge in [0, 0.05) is 4.90 Å². The van der Waals surface area contributed by atoms with Crippen LogP contribution in [0.15, 0.2) is 29.2 Å². The minimum atomic E-state index is -0.390. The first kappa shape index (κ1) is 11.4. The minimum absolute atomic E-state index is 0.243. The summed E-state index contributed by atoms with van der Waals surface area (Å²) in [6, 6.07) is 8.84. The van der Waals surface area contributed by atoms with Crippen molar-refractivity contribution in [3.8, 4) is 6.07 Å². The fourth-order valence-electron chi connectivity index (χ4n) is 1.82. The Labute approximate surface area is 98.8 Å². The Bertz CT molecular complexity index is 408. The predicted molar refractivity (Wildman–Crippen MR) is 62.7 cm³/mol. The number of hydrogen-bond acceptors (Lipinski definition) is 3. The summed E-state index contributed by atoms with van der Waals surface area (Å²) in [6.07, 6.45) is 1.62. The van der Waals surface area contributed by atoms with Gasteiger partial charge in [-0.1, -0.05) is 6.07 Å². The lowest BCUT2D eigenvalue weighted by molar-refractivity contribution is 0.476. The summed E-state index contributed by atoms with van der Waals surface area (Å²) in [5.74, 6) is -0.243. The summed E-state index contributed by atoms with van der Waals surface area (Å²) in [4.78, 5) is 0.837. The summed E-state index contributed by atoms with van der Waals surface area (Å²) in [5, 5.41) is 12.5. The van der Waals surface area contributed by atoms with E-state index in [4.69, 9.17) is 0 Å². The maximum atomic E-state index is 13.0. The van der Waals surface area contributed by atoms with Gasteiger partial charge in [0.15, 0.2) is 0 Å². The Hall–Kier alpha value is -1.05. The van der Waals surface area contributed by atoms with Crippen molar-refractivity contribution in [2.24, 2.45) is 0 Å². The number of piperidine rings is 1. The van der Waals surface area contributed by atoms with E-state index in [2.05, 4.69) is 11.4 Å². The average Bonchev–Trinajstić information content (AvgIpc) is 2.30. The van der Waals surface area contributed by atoms with Crippen LogP contribution in [-0.2, 0) is 0 Å². The quantitative estimate of drug-likeness (QED) is 0.857. The van der Waals surface area contributed by atoms with Crippen LogP contribution in [0.2, 0.25) is 0 Å². The largest absolute Gasteiger partial charge is 0.317 e. The summed E-state index contributed by atoms with van der Waals surface area (Å²) < 4.78 is 12.7. The van der Waals surface area contributed by atoms with Crippen molar-refractivity contribution in [3.63, 3.8) is 0 Å².